The minimum Gasteiger partial charge on any atom is -0.333 e. The van der Waals surface area contributed by atoms with Crippen LogP contribution in [0.2, 0.25) is 0 Å². The number of allylic oxidation sites excluding steroid dienone is 2. The summed E-state index contributed by atoms with van der Waals surface area (Å²) < 4.78 is 5.10. The summed E-state index contributed by atoms with van der Waals surface area (Å²) in [6.07, 6.45) is 9.09. The van der Waals surface area contributed by atoms with Gasteiger partial charge in [0.1, 0.15) is 0 Å². The molecule has 2 atom stereocenters. The molecule has 0 fully saturated rings. The van der Waals surface area contributed by atoms with E-state index in [0.717, 1.165) is 0 Å². The van der Waals surface area contributed by atoms with E-state index in [1.165, 1.54) is 86.9 Å². The zero-order valence-corrected chi connectivity index (χ0v) is 28.6. The molecule has 0 bridgehead atoms. The summed E-state index contributed by atoms with van der Waals surface area (Å²) in [5.41, 5.74) is 12.5. The lowest BCUT2D eigenvalue weighted by Gasteiger charge is -2.28. The molecule has 3 heteroatoms. The number of nitrogens with zero attached hydrogens (tertiary/aromatic N) is 2. The number of para-hydroxylation sites is 2. The minimum atomic E-state index is 0.283. The third-order valence-electron chi connectivity index (χ3n) is 10.9. The molecule has 2 nitrogen and oxygen atoms in total. The number of rotatable bonds is 4. The summed E-state index contributed by atoms with van der Waals surface area (Å²) in [7, 11) is 0. The Hall–Kier alpha value is -6.16. The van der Waals surface area contributed by atoms with Crippen molar-refractivity contribution in [2.75, 3.05) is 4.90 Å². The van der Waals surface area contributed by atoms with Crippen molar-refractivity contribution in [2.45, 2.75) is 12.0 Å². The van der Waals surface area contributed by atoms with Gasteiger partial charge in [0.05, 0.1) is 17.1 Å². The van der Waals surface area contributed by atoms with Crippen molar-refractivity contribution in [1.29, 1.82) is 0 Å². The van der Waals surface area contributed by atoms with Crippen molar-refractivity contribution < 1.29 is 0 Å². The van der Waals surface area contributed by atoms with Crippen molar-refractivity contribution in [1.82, 2.24) is 4.57 Å². The Morgan fingerprint density at radius 3 is 2.02 bits per heavy atom. The Balaban J connectivity index is 1.02. The number of hydrogen-bond donors (Lipinski definition) is 0. The van der Waals surface area contributed by atoms with E-state index in [9.17, 15) is 0 Å². The van der Waals surface area contributed by atoms with E-state index in [1.54, 1.807) is 0 Å². The third kappa shape index (κ3) is 4.42. The van der Waals surface area contributed by atoms with E-state index in [4.69, 9.17) is 0 Å². The first kappa shape index (κ1) is 28.7. The molecule has 11 rings (SSSR count). The van der Waals surface area contributed by atoms with E-state index in [0.29, 0.717) is 5.92 Å². The first-order chi connectivity index (χ1) is 25.3. The largest absolute Gasteiger partial charge is 0.333 e. The van der Waals surface area contributed by atoms with Crippen LogP contribution in [-0.4, -0.2) is 10.6 Å². The summed E-state index contributed by atoms with van der Waals surface area (Å²) in [6.45, 7) is 0. The smallest absolute Gasteiger partial charge is 0.0629 e. The molecular weight excluding hydrogens is 637 g/mol. The van der Waals surface area contributed by atoms with Crippen LogP contribution in [0.3, 0.4) is 0 Å². The quantitative estimate of drug-likeness (QED) is 0.181. The second-order valence-corrected chi connectivity index (χ2v) is 14.8. The highest BCUT2D eigenvalue weighted by Gasteiger charge is 2.37. The topological polar surface area (TPSA) is 8.17 Å². The molecule has 7 aromatic carbocycles. The molecule has 3 heterocycles. The van der Waals surface area contributed by atoms with Gasteiger partial charge in [-0.3, -0.25) is 0 Å². The van der Waals surface area contributed by atoms with Crippen molar-refractivity contribution >= 4 is 64.7 Å². The first-order valence-corrected chi connectivity index (χ1v) is 18.5. The van der Waals surface area contributed by atoms with Gasteiger partial charge in [0.15, 0.2) is 0 Å². The Morgan fingerprint density at radius 2 is 1.10 bits per heavy atom. The molecule has 51 heavy (non-hydrogen) atoms. The van der Waals surface area contributed by atoms with Crippen molar-refractivity contribution in [2.24, 2.45) is 0 Å². The normalized spacial score (nSPS) is 16.4. The van der Waals surface area contributed by atoms with Crippen molar-refractivity contribution in [3.63, 3.8) is 0 Å². The monoisotopic (exact) mass is 668 g/mol. The maximum atomic E-state index is 2.50. The van der Waals surface area contributed by atoms with Crippen LogP contribution in [0.5, 0.6) is 0 Å². The highest BCUT2D eigenvalue weighted by molar-refractivity contribution is 7.25. The molecule has 0 saturated heterocycles. The molecule has 9 aromatic rings. The summed E-state index contributed by atoms with van der Waals surface area (Å²) in [4.78, 5) is 2.50. The van der Waals surface area contributed by atoms with Crippen LogP contribution in [-0.2, 0) is 0 Å². The molecule has 240 valence electrons. The van der Waals surface area contributed by atoms with Gasteiger partial charge in [-0.05, 0) is 101 Å². The lowest BCUT2D eigenvalue weighted by Crippen LogP contribution is -2.28. The first-order valence-electron chi connectivity index (χ1n) is 17.7. The fourth-order valence-electron chi connectivity index (χ4n) is 8.57. The third-order valence-corrected chi connectivity index (χ3v) is 12.1. The van der Waals surface area contributed by atoms with Gasteiger partial charge in [0.2, 0.25) is 0 Å². The molecule has 2 aliphatic rings. The second kappa shape index (κ2) is 11.2. The van der Waals surface area contributed by atoms with E-state index in [2.05, 4.69) is 191 Å². The van der Waals surface area contributed by atoms with Gasteiger partial charge in [0.25, 0.3) is 0 Å². The minimum absolute atomic E-state index is 0.283. The number of aromatic nitrogens is 1. The maximum absolute atomic E-state index is 2.50. The van der Waals surface area contributed by atoms with Crippen LogP contribution in [0, 0.1) is 0 Å². The van der Waals surface area contributed by atoms with E-state index < -0.39 is 0 Å². The Kier molecular flexibility index (Phi) is 6.28. The van der Waals surface area contributed by atoms with Crippen LogP contribution < -0.4 is 4.90 Å². The van der Waals surface area contributed by atoms with Crippen LogP contribution in [0.4, 0.5) is 11.4 Å². The molecule has 0 radical (unpaired) electrons. The number of hydrogen-bond acceptors (Lipinski definition) is 2. The summed E-state index contributed by atoms with van der Waals surface area (Å²) >= 11 is 1.87. The SMILES string of the molecule is C1=CC2c3cc(-c4ccc5c(c4)c4ccccc4n5-c4cccc(-c5ccc6sc7ccccc7c6c5)c4)ccc3N(c3ccccc3)C2C=C1. The molecule has 1 aliphatic heterocycles. The summed E-state index contributed by atoms with van der Waals surface area (Å²) in [5, 5.41) is 5.19. The molecule has 1 aliphatic carbocycles. The highest BCUT2D eigenvalue weighted by Crippen LogP contribution is 2.49. The van der Waals surface area contributed by atoms with E-state index >= 15 is 0 Å². The molecule has 0 amide bonds. The van der Waals surface area contributed by atoms with Gasteiger partial charge in [-0.25, -0.2) is 0 Å². The number of anilines is 2. The van der Waals surface area contributed by atoms with Gasteiger partial charge in [-0.1, -0.05) is 109 Å². The zero-order chi connectivity index (χ0) is 33.5. The Labute approximate surface area is 300 Å². The van der Waals surface area contributed by atoms with Crippen LogP contribution in [0.1, 0.15) is 11.5 Å². The van der Waals surface area contributed by atoms with Crippen LogP contribution in [0.15, 0.2) is 182 Å². The van der Waals surface area contributed by atoms with Crippen LogP contribution >= 0.6 is 11.3 Å². The van der Waals surface area contributed by atoms with E-state index in [-0.39, 0.29) is 6.04 Å². The van der Waals surface area contributed by atoms with Gasteiger partial charge < -0.3 is 9.47 Å². The van der Waals surface area contributed by atoms with Gasteiger partial charge in [0, 0.05) is 53.9 Å². The number of benzene rings is 7. The van der Waals surface area contributed by atoms with Crippen molar-refractivity contribution in [3.05, 3.63) is 188 Å². The summed E-state index contributed by atoms with van der Waals surface area (Å²) in [6, 6.07) is 58.6. The van der Waals surface area contributed by atoms with Crippen molar-refractivity contribution in [3.8, 4) is 27.9 Å². The Morgan fingerprint density at radius 1 is 0.431 bits per heavy atom. The predicted octanol–water partition coefficient (Wildman–Crippen LogP) is 13.2. The average molecular weight is 669 g/mol. The van der Waals surface area contributed by atoms with Crippen LogP contribution in [0.25, 0.3) is 69.9 Å². The fraction of sp³-hybridized carbons (Fsp3) is 0.0417. The van der Waals surface area contributed by atoms with Gasteiger partial charge >= 0.3 is 0 Å². The van der Waals surface area contributed by atoms with Gasteiger partial charge in [-0.15, -0.1) is 11.3 Å². The average Bonchev–Trinajstić information content (AvgIpc) is 3.85. The molecule has 2 unspecified atom stereocenters. The molecule has 0 N–H and O–H groups in total. The second-order valence-electron chi connectivity index (χ2n) is 13.7. The number of fused-ring (bicyclic) bond motifs is 9. The Bertz CT molecular complexity index is 2890. The molecular formula is C48H32N2S. The fourth-order valence-corrected chi connectivity index (χ4v) is 9.66. The standard InChI is InChI=1S/C48H32N2S/c1-2-12-35(13-3-1)49-43-18-7-4-15-37(43)40-28-32(21-24-45(40)49)33-22-25-46-41(29-33)38-16-5-8-19-44(38)50(46)36-14-10-11-31(27-36)34-23-26-48-42(30-34)39-17-6-9-20-47(39)51-48/h1-30,37,43H. The zero-order valence-electron chi connectivity index (χ0n) is 27.8. The predicted molar refractivity (Wildman–Crippen MR) is 218 cm³/mol. The lowest BCUT2D eigenvalue weighted by atomic mass is 9.89. The maximum Gasteiger partial charge on any atom is 0.0629 e. The lowest BCUT2D eigenvalue weighted by molar-refractivity contribution is 0.745. The van der Waals surface area contributed by atoms with Gasteiger partial charge in [-0.2, -0.15) is 0 Å². The van der Waals surface area contributed by atoms with E-state index in [1.807, 2.05) is 11.3 Å². The molecule has 0 saturated carbocycles. The molecule has 0 spiro atoms. The summed E-state index contributed by atoms with van der Waals surface area (Å²) in [5.74, 6) is 0.322. The molecule has 2 aromatic heterocycles. The highest BCUT2D eigenvalue weighted by atomic mass is 32.1. The number of thiophene rings is 1.